The van der Waals surface area contributed by atoms with Crippen LogP contribution in [0.4, 0.5) is 0 Å². The number of aryl methyl sites for hydroxylation is 1. The molecule has 1 unspecified atom stereocenters. The van der Waals surface area contributed by atoms with Crippen LogP contribution in [-0.2, 0) is 22.6 Å². The Labute approximate surface area is 251 Å². The lowest BCUT2D eigenvalue weighted by atomic mass is 9.98. The summed E-state index contributed by atoms with van der Waals surface area (Å²) in [6.07, 6.45) is 6.50. The number of hydrogen-bond donors (Lipinski definition) is 0. The molecule has 0 saturated carbocycles. The molecule has 4 aromatic heterocycles. The molecule has 10 nitrogen and oxygen atoms in total. The molecule has 0 spiro atoms. The standard InChI is InChI=1S/C30H34N4O6S2/c1-7-9-18(27(35)40-30(2,3)4)10-8-11-26-31-19(17-41-26)16-38-23-12-20(36-5)13-24-21(23)14-25(39-24)22-15-34-28(32-22)42-29(33-34)37-6/h7,12-15,17-18H,1,8-11,16H2,2-6H3. The molecule has 0 amide bonds. The fourth-order valence-electron chi connectivity index (χ4n) is 4.43. The highest BCUT2D eigenvalue weighted by Crippen LogP contribution is 2.37. The average molecular weight is 611 g/mol. The van der Waals surface area contributed by atoms with Crippen molar-refractivity contribution in [1.82, 2.24) is 19.6 Å². The zero-order chi connectivity index (χ0) is 29.9. The predicted molar refractivity (Wildman–Crippen MR) is 163 cm³/mol. The van der Waals surface area contributed by atoms with Crippen molar-refractivity contribution >= 4 is 44.6 Å². The van der Waals surface area contributed by atoms with Crippen molar-refractivity contribution in [2.45, 2.75) is 58.7 Å². The number of methoxy groups -OCH3 is 2. The lowest BCUT2D eigenvalue weighted by molar-refractivity contribution is -0.160. The van der Waals surface area contributed by atoms with Crippen LogP contribution in [0.15, 0.2) is 46.8 Å². The summed E-state index contributed by atoms with van der Waals surface area (Å²) in [7, 11) is 3.18. The molecule has 1 atom stereocenters. The van der Waals surface area contributed by atoms with Crippen LogP contribution in [-0.4, -0.2) is 45.4 Å². The van der Waals surface area contributed by atoms with Gasteiger partial charge in [-0.1, -0.05) is 6.08 Å². The first-order valence-electron chi connectivity index (χ1n) is 13.6. The third-order valence-corrected chi connectivity index (χ3v) is 8.21. The van der Waals surface area contributed by atoms with E-state index < -0.39 is 5.60 Å². The lowest BCUT2D eigenvalue weighted by Gasteiger charge is -2.23. The Morgan fingerprint density at radius 1 is 1.19 bits per heavy atom. The van der Waals surface area contributed by atoms with E-state index >= 15 is 0 Å². The van der Waals surface area contributed by atoms with Gasteiger partial charge in [-0.2, -0.15) is 0 Å². The molecular formula is C30H34N4O6S2. The van der Waals surface area contributed by atoms with Crippen molar-refractivity contribution in [1.29, 1.82) is 0 Å². The minimum absolute atomic E-state index is 0.174. The van der Waals surface area contributed by atoms with Gasteiger partial charge < -0.3 is 23.4 Å². The fraction of sp³-hybridized carbons (Fsp3) is 0.400. The van der Waals surface area contributed by atoms with Gasteiger partial charge in [-0.25, -0.2) is 14.5 Å². The quantitative estimate of drug-likeness (QED) is 0.102. The van der Waals surface area contributed by atoms with E-state index in [4.69, 9.17) is 28.3 Å². The van der Waals surface area contributed by atoms with Crippen molar-refractivity contribution < 1.29 is 28.2 Å². The molecule has 222 valence electrons. The molecule has 5 aromatic rings. The van der Waals surface area contributed by atoms with Gasteiger partial charge in [0.2, 0.25) is 4.96 Å². The minimum atomic E-state index is -0.505. The number of esters is 1. The van der Waals surface area contributed by atoms with Gasteiger partial charge in [0.1, 0.15) is 35.0 Å². The second-order valence-electron chi connectivity index (χ2n) is 10.7. The third-order valence-electron chi connectivity index (χ3n) is 6.37. The number of thiazole rings is 1. The van der Waals surface area contributed by atoms with E-state index in [0.29, 0.717) is 51.7 Å². The molecule has 0 aliphatic rings. The van der Waals surface area contributed by atoms with Gasteiger partial charge in [0.25, 0.3) is 5.19 Å². The highest BCUT2D eigenvalue weighted by molar-refractivity contribution is 7.18. The lowest BCUT2D eigenvalue weighted by Crippen LogP contribution is -2.28. The Morgan fingerprint density at radius 2 is 2.02 bits per heavy atom. The van der Waals surface area contributed by atoms with Gasteiger partial charge in [0.15, 0.2) is 5.76 Å². The van der Waals surface area contributed by atoms with Gasteiger partial charge >= 0.3 is 5.97 Å². The summed E-state index contributed by atoms with van der Waals surface area (Å²) in [6, 6.07) is 5.57. The molecule has 0 aliphatic heterocycles. The number of fused-ring (bicyclic) bond motifs is 2. The smallest absolute Gasteiger partial charge is 0.309 e. The number of allylic oxidation sites excluding steroid dienone is 1. The maximum atomic E-state index is 12.6. The summed E-state index contributed by atoms with van der Waals surface area (Å²) < 4.78 is 30.3. The molecule has 0 radical (unpaired) electrons. The Bertz CT molecular complexity index is 1660. The normalized spacial score (nSPS) is 12.5. The minimum Gasteiger partial charge on any atom is -0.496 e. The first-order chi connectivity index (χ1) is 20.1. The van der Waals surface area contributed by atoms with Crippen LogP contribution in [0.2, 0.25) is 0 Å². The second kappa shape index (κ2) is 12.5. The first kappa shape index (κ1) is 29.6. The van der Waals surface area contributed by atoms with Crippen LogP contribution in [0, 0.1) is 5.92 Å². The van der Waals surface area contributed by atoms with E-state index in [1.807, 2.05) is 44.4 Å². The van der Waals surface area contributed by atoms with Crippen LogP contribution in [0.3, 0.4) is 0 Å². The SMILES string of the molecule is C=CCC(CCCc1nc(COc2cc(OC)cc3oc(-c4cn5nc(OC)sc5n4)cc23)cs1)C(=O)OC(C)(C)C. The van der Waals surface area contributed by atoms with Crippen molar-refractivity contribution in [3.8, 4) is 28.1 Å². The molecule has 42 heavy (non-hydrogen) atoms. The van der Waals surface area contributed by atoms with E-state index in [1.165, 1.54) is 11.3 Å². The van der Waals surface area contributed by atoms with Crippen LogP contribution in [0.25, 0.3) is 27.4 Å². The molecule has 0 saturated heterocycles. The number of nitrogens with zero attached hydrogens (tertiary/aromatic N) is 4. The number of ether oxygens (including phenoxy) is 4. The molecule has 5 rings (SSSR count). The van der Waals surface area contributed by atoms with Gasteiger partial charge in [0, 0.05) is 17.5 Å². The number of hydrogen-bond acceptors (Lipinski definition) is 11. The molecule has 4 heterocycles. The largest absolute Gasteiger partial charge is 0.496 e. The number of benzene rings is 1. The Hall–Kier alpha value is -3.90. The number of rotatable bonds is 13. The fourth-order valence-corrected chi connectivity index (χ4v) is 5.95. The molecule has 0 bridgehead atoms. The topological polar surface area (TPSA) is 110 Å². The van der Waals surface area contributed by atoms with Crippen molar-refractivity contribution in [3.63, 3.8) is 0 Å². The van der Waals surface area contributed by atoms with Gasteiger partial charge in [-0.3, -0.25) is 4.79 Å². The summed E-state index contributed by atoms with van der Waals surface area (Å²) in [6.45, 7) is 9.74. The molecule has 0 fully saturated rings. The summed E-state index contributed by atoms with van der Waals surface area (Å²) in [5, 5.41) is 8.68. The monoisotopic (exact) mass is 610 g/mol. The molecule has 0 N–H and O–H groups in total. The summed E-state index contributed by atoms with van der Waals surface area (Å²) >= 11 is 2.94. The number of carbonyl (C=O) groups excluding carboxylic acids is 1. The number of carbonyl (C=O) groups is 1. The van der Waals surface area contributed by atoms with E-state index in [9.17, 15) is 4.79 Å². The zero-order valence-corrected chi connectivity index (χ0v) is 26.0. The summed E-state index contributed by atoms with van der Waals surface area (Å²) in [5.74, 6) is 1.47. The number of furan rings is 1. The van der Waals surface area contributed by atoms with Gasteiger partial charge in [-0.05, 0) is 63.9 Å². The van der Waals surface area contributed by atoms with Crippen LogP contribution < -0.4 is 14.2 Å². The van der Waals surface area contributed by atoms with Crippen molar-refractivity contribution in [2.24, 2.45) is 5.92 Å². The molecule has 12 heteroatoms. The second-order valence-corrected chi connectivity index (χ2v) is 12.6. The van der Waals surface area contributed by atoms with Gasteiger partial charge in [-0.15, -0.1) is 23.0 Å². The Kier molecular flexibility index (Phi) is 8.83. The van der Waals surface area contributed by atoms with Crippen LogP contribution in [0.5, 0.6) is 16.7 Å². The first-order valence-corrected chi connectivity index (χ1v) is 15.3. The maximum Gasteiger partial charge on any atom is 0.309 e. The third kappa shape index (κ3) is 6.93. The average Bonchev–Trinajstić information content (AvgIpc) is 3.72. The number of imidazole rings is 1. The Morgan fingerprint density at radius 3 is 2.74 bits per heavy atom. The van der Waals surface area contributed by atoms with E-state index in [0.717, 1.165) is 35.4 Å². The van der Waals surface area contributed by atoms with Crippen LogP contribution in [0.1, 0.15) is 50.7 Å². The highest BCUT2D eigenvalue weighted by Gasteiger charge is 2.24. The van der Waals surface area contributed by atoms with Crippen molar-refractivity contribution in [3.05, 3.63) is 53.1 Å². The molecule has 0 aliphatic carbocycles. The summed E-state index contributed by atoms with van der Waals surface area (Å²) in [5.41, 5.74) is 1.61. The van der Waals surface area contributed by atoms with Crippen LogP contribution >= 0.6 is 22.7 Å². The molecular weight excluding hydrogens is 576 g/mol. The molecule has 1 aromatic carbocycles. The van der Waals surface area contributed by atoms with Crippen molar-refractivity contribution in [2.75, 3.05) is 14.2 Å². The number of aromatic nitrogens is 4. The van der Waals surface area contributed by atoms with Gasteiger partial charge in [0.05, 0.1) is 42.4 Å². The van der Waals surface area contributed by atoms with E-state index in [-0.39, 0.29) is 11.9 Å². The zero-order valence-electron chi connectivity index (χ0n) is 24.3. The van der Waals surface area contributed by atoms with E-state index in [2.05, 4.69) is 16.7 Å². The summed E-state index contributed by atoms with van der Waals surface area (Å²) in [4.78, 5) is 22.6. The van der Waals surface area contributed by atoms with E-state index in [1.54, 1.807) is 42.3 Å². The maximum absolute atomic E-state index is 12.6. The highest BCUT2D eigenvalue weighted by atomic mass is 32.1. The Balaban J connectivity index is 1.24. The predicted octanol–water partition coefficient (Wildman–Crippen LogP) is 7.11.